The van der Waals surface area contributed by atoms with Crippen molar-refractivity contribution in [3.05, 3.63) is 11.2 Å². The fraction of sp³-hybridized carbons (Fsp3) is 0.615. The van der Waals surface area contributed by atoms with Crippen LogP contribution < -0.4 is 15.5 Å². The van der Waals surface area contributed by atoms with Crippen molar-refractivity contribution in [1.82, 2.24) is 15.3 Å². The number of piperidine rings is 1. The maximum atomic E-state index is 6.09. The lowest BCUT2D eigenvalue weighted by Crippen LogP contribution is -2.39. The summed E-state index contributed by atoms with van der Waals surface area (Å²) in [5.41, 5.74) is 0. The second-order valence-corrected chi connectivity index (χ2v) is 6.22. The fourth-order valence-corrected chi connectivity index (χ4v) is 2.91. The molecule has 2 heterocycles. The Morgan fingerprint density at radius 2 is 2.00 bits per heavy atom. The minimum Gasteiger partial charge on any atom is -0.365 e. The van der Waals surface area contributed by atoms with E-state index in [1.807, 2.05) is 0 Å². The van der Waals surface area contributed by atoms with Crippen LogP contribution in [0.25, 0.3) is 0 Å². The van der Waals surface area contributed by atoms with E-state index in [1.54, 1.807) is 13.1 Å². The predicted molar refractivity (Wildman–Crippen MR) is 87.5 cm³/mol. The lowest BCUT2D eigenvalue weighted by Gasteiger charge is -2.35. The van der Waals surface area contributed by atoms with Gasteiger partial charge in [-0.05, 0) is 30.5 Å². The summed E-state index contributed by atoms with van der Waals surface area (Å²) in [7, 11) is 1.74. The third-order valence-electron chi connectivity index (χ3n) is 3.33. The molecule has 0 aromatic carbocycles. The summed E-state index contributed by atoms with van der Waals surface area (Å²) in [5.74, 6) is 2.59. The van der Waals surface area contributed by atoms with Crippen molar-refractivity contribution in [3.8, 4) is 0 Å². The number of halogens is 1. The Balaban J connectivity index is 2.20. The monoisotopic (exact) mass is 313 g/mol. The lowest BCUT2D eigenvalue weighted by atomic mass is 9.92. The molecule has 1 aromatic heterocycles. The van der Waals surface area contributed by atoms with Crippen LogP contribution in [-0.2, 0) is 0 Å². The maximum Gasteiger partial charge on any atom is 0.232 e. The van der Waals surface area contributed by atoms with E-state index < -0.39 is 0 Å². The van der Waals surface area contributed by atoms with Crippen LogP contribution in [0.15, 0.2) is 6.07 Å². The van der Waals surface area contributed by atoms with Gasteiger partial charge in [-0.2, -0.15) is 4.98 Å². The molecule has 0 spiro atoms. The van der Waals surface area contributed by atoms with Gasteiger partial charge in [0.05, 0.1) is 0 Å². The molecule has 1 saturated heterocycles. The number of anilines is 2. The van der Waals surface area contributed by atoms with E-state index >= 15 is 0 Å². The van der Waals surface area contributed by atoms with Crippen LogP contribution in [0.4, 0.5) is 11.8 Å². The molecular weight excluding hydrogens is 294 g/mol. The van der Waals surface area contributed by atoms with Crippen molar-refractivity contribution in [2.75, 3.05) is 30.4 Å². The molecule has 7 heteroatoms. The van der Waals surface area contributed by atoms with E-state index in [4.69, 9.17) is 23.8 Å². The molecule has 0 saturated carbocycles. The zero-order valence-electron chi connectivity index (χ0n) is 12.0. The highest BCUT2D eigenvalue weighted by atomic mass is 35.5. The van der Waals surface area contributed by atoms with Crippen LogP contribution in [0.3, 0.4) is 0 Å². The lowest BCUT2D eigenvalue weighted by molar-refractivity contribution is 0.355. The molecule has 1 aliphatic heterocycles. The predicted octanol–water partition coefficient (Wildman–Crippen LogP) is 2.53. The number of hydrogen-bond acceptors (Lipinski definition) is 4. The van der Waals surface area contributed by atoms with E-state index in [-0.39, 0.29) is 0 Å². The molecule has 0 radical (unpaired) electrons. The summed E-state index contributed by atoms with van der Waals surface area (Å²) in [6, 6.07) is 1.81. The Hall–Kier alpha value is -1.14. The first-order valence-electron chi connectivity index (χ1n) is 6.76. The van der Waals surface area contributed by atoms with Gasteiger partial charge in [0, 0.05) is 26.2 Å². The van der Waals surface area contributed by atoms with Crippen molar-refractivity contribution in [1.29, 1.82) is 0 Å². The van der Waals surface area contributed by atoms with Crippen molar-refractivity contribution in [2.24, 2.45) is 11.8 Å². The number of nitrogens with one attached hydrogen (secondary N) is 2. The quantitative estimate of drug-likeness (QED) is 0.646. The van der Waals surface area contributed by atoms with Crippen LogP contribution in [0.5, 0.6) is 0 Å². The Morgan fingerprint density at radius 3 is 2.60 bits per heavy atom. The average molecular weight is 314 g/mol. The molecule has 0 bridgehead atoms. The summed E-state index contributed by atoms with van der Waals surface area (Å²) in [6.45, 7) is 6.52. The molecule has 2 rings (SSSR count). The number of nitrogens with zero attached hydrogens (tertiary/aromatic N) is 3. The maximum absolute atomic E-state index is 6.09. The molecule has 20 heavy (non-hydrogen) atoms. The molecule has 2 N–H and O–H groups in total. The number of aromatic nitrogens is 2. The van der Waals surface area contributed by atoms with Crippen LogP contribution in [0, 0.1) is 11.8 Å². The molecular formula is C13H20ClN5S. The highest BCUT2D eigenvalue weighted by molar-refractivity contribution is 7.80. The van der Waals surface area contributed by atoms with E-state index in [9.17, 15) is 0 Å². The summed E-state index contributed by atoms with van der Waals surface area (Å²) in [5, 5.41) is 6.64. The third-order valence-corrected chi connectivity index (χ3v) is 3.83. The summed E-state index contributed by atoms with van der Waals surface area (Å²) < 4.78 is 0. The van der Waals surface area contributed by atoms with Gasteiger partial charge < -0.3 is 15.5 Å². The van der Waals surface area contributed by atoms with Crippen molar-refractivity contribution in [2.45, 2.75) is 20.3 Å². The molecule has 2 unspecified atom stereocenters. The summed E-state index contributed by atoms with van der Waals surface area (Å²) in [6.07, 6.45) is 1.25. The van der Waals surface area contributed by atoms with Crippen molar-refractivity contribution in [3.63, 3.8) is 0 Å². The minimum absolute atomic E-state index is 0.419. The fourth-order valence-electron chi connectivity index (χ4n) is 2.64. The Morgan fingerprint density at radius 1 is 1.35 bits per heavy atom. The zero-order chi connectivity index (χ0) is 14.7. The average Bonchev–Trinajstić information content (AvgIpc) is 2.36. The van der Waals surface area contributed by atoms with Gasteiger partial charge in [-0.1, -0.05) is 25.4 Å². The second kappa shape index (κ2) is 6.54. The van der Waals surface area contributed by atoms with Crippen LogP contribution in [-0.4, -0.2) is 35.2 Å². The number of hydrogen-bond donors (Lipinski definition) is 2. The summed E-state index contributed by atoms with van der Waals surface area (Å²) >= 11 is 11.1. The minimum atomic E-state index is 0.419. The molecule has 0 aliphatic carbocycles. The van der Waals surface area contributed by atoms with Gasteiger partial charge in [0.2, 0.25) is 5.95 Å². The first-order valence-corrected chi connectivity index (χ1v) is 7.54. The van der Waals surface area contributed by atoms with Crippen molar-refractivity contribution >= 4 is 40.7 Å². The van der Waals surface area contributed by atoms with Gasteiger partial charge in [0.1, 0.15) is 11.0 Å². The standard InChI is InChI=1S/C13H20ClN5S/c1-8-4-9(2)7-19(6-8)11-5-10(14)16-12(17-11)18-13(20)15-3/h5,8-9H,4,6-7H2,1-3H3,(H2,15,16,17,18,20). The number of rotatable bonds is 2. The first-order chi connectivity index (χ1) is 9.47. The van der Waals surface area contributed by atoms with Crippen molar-refractivity contribution < 1.29 is 0 Å². The molecule has 0 amide bonds. The zero-order valence-corrected chi connectivity index (χ0v) is 13.6. The SMILES string of the molecule is CNC(=S)Nc1nc(Cl)cc(N2CC(C)CC(C)C2)n1. The largest absolute Gasteiger partial charge is 0.365 e. The van der Waals surface area contributed by atoms with Crippen LogP contribution in [0.2, 0.25) is 5.15 Å². The Bertz CT molecular complexity index is 486. The molecule has 1 aliphatic rings. The van der Waals surface area contributed by atoms with Gasteiger partial charge in [0.15, 0.2) is 5.11 Å². The molecule has 5 nitrogen and oxygen atoms in total. The van der Waals surface area contributed by atoms with Gasteiger partial charge in [0.25, 0.3) is 0 Å². The Kier molecular flexibility index (Phi) is 4.99. The van der Waals surface area contributed by atoms with E-state index in [1.165, 1.54) is 6.42 Å². The van der Waals surface area contributed by atoms with E-state index in [0.717, 1.165) is 18.9 Å². The molecule has 1 fully saturated rings. The number of thiocarbonyl (C=S) groups is 1. The summed E-state index contributed by atoms with van der Waals surface area (Å²) in [4.78, 5) is 10.9. The molecule has 110 valence electrons. The van der Waals surface area contributed by atoms with E-state index in [2.05, 4.69) is 39.3 Å². The van der Waals surface area contributed by atoms with Crippen LogP contribution >= 0.6 is 23.8 Å². The van der Waals surface area contributed by atoms with E-state index in [0.29, 0.717) is 28.0 Å². The highest BCUT2D eigenvalue weighted by Gasteiger charge is 2.23. The second-order valence-electron chi connectivity index (χ2n) is 5.43. The topological polar surface area (TPSA) is 53.1 Å². The van der Waals surface area contributed by atoms with Gasteiger partial charge >= 0.3 is 0 Å². The van der Waals surface area contributed by atoms with Gasteiger partial charge in [-0.3, -0.25) is 0 Å². The van der Waals surface area contributed by atoms with Crippen LogP contribution in [0.1, 0.15) is 20.3 Å². The molecule has 2 atom stereocenters. The smallest absolute Gasteiger partial charge is 0.232 e. The first kappa shape index (κ1) is 15.3. The highest BCUT2D eigenvalue weighted by Crippen LogP contribution is 2.26. The molecule has 1 aromatic rings. The third kappa shape index (κ3) is 3.93. The normalized spacial score (nSPS) is 22.5. The van der Waals surface area contributed by atoms with Gasteiger partial charge in [-0.25, -0.2) is 4.98 Å². The van der Waals surface area contributed by atoms with Gasteiger partial charge in [-0.15, -0.1) is 0 Å². The Labute approximate surface area is 130 Å².